The monoisotopic (exact) mass is 199 g/mol. The summed E-state index contributed by atoms with van der Waals surface area (Å²) in [5.74, 6) is -0.140. The maximum atomic E-state index is 12.7. The van der Waals surface area contributed by atoms with E-state index < -0.39 is 5.82 Å². The van der Waals surface area contributed by atoms with Crippen LogP contribution in [0.5, 0.6) is 5.88 Å². The molecular weight excluding hydrogens is 185 g/mol. The molecule has 0 radical (unpaired) electrons. The summed E-state index contributed by atoms with van der Waals surface area (Å²) in [6.45, 7) is 2.34. The van der Waals surface area contributed by atoms with E-state index in [-0.39, 0.29) is 6.61 Å². The number of aliphatic hydroxyl groups excluding tert-OH is 1. The van der Waals surface area contributed by atoms with E-state index in [1.807, 2.05) is 0 Å². The van der Waals surface area contributed by atoms with E-state index in [0.717, 1.165) is 19.0 Å². The van der Waals surface area contributed by atoms with Gasteiger partial charge in [0.1, 0.15) is 5.82 Å². The summed E-state index contributed by atoms with van der Waals surface area (Å²) >= 11 is 0. The minimum atomic E-state index is -0.461. The molecule has 1 heterocycles. The van der Waals surface area contributed by atoms with Gasteiger partial charge in [-0.05, 0) is 12.5 Å². The second-order valence-electron chi connectivity index (χ2n) is 2.98. The lowest BCUT2D eigenvalue weighted by Crippen LogP contribution is -2.02. The molecule has 4 heteroatoms. The van der Waals surface area contributed by atoms with Crippen molar-refractivity contribution >= 4 is 0 Å². The van der Waals surface area contributed by atoms with Gasteiger partial charge in [0.15, 0.2) is 0 Å². The maximum Gasteiger partial charge on any atom is 0.219 e. The molecule has 0 aliphatic heterocycles. The average Bonchev–Trinajstić information content (AvgIpc) is 2.20. The molecule has 14 heavy (non-hydrogen) atoms. The van der Waals surface area contributed by atoms with Crippen LogP contribution < -0.4 is 4.74 Å². The predicted octanol–water partition coefficient (Wildman–Crippen LogP) is 1.89. The first-order valence-corrected chi connectivity index (χ1v) is 4.66. The van der Waals surface area contributed by atoms with Gasteiger partial charge in [-0.1, -0.05) is 13.3 Å². The summed E-state index contributed by atoms with van der Waals surface area (Å²) in [7, 11) is 0. The van der Waals surface area contributed by atoms with E-state index in [4.69, 9.17) is 9.84 Å². The molecule has 0 bridgehead atoms. The molecule has 1 aromatic rings. The standard InChI is InChI=1S/C10H14FNO2/c1-2-3-4-14-10-8(7-13)5-9(11)6-12-10/h5-6,13H,2-4,7H2,1H3. The normalized spacial score (nSPS) is 10.2. The number of nitrogens with zero attached hydrogens (tertiary/aromatic N) is 1. The zero-order valence-electron chi connectivity index (χ0n) is 8.16. The first-order chi connectivity index (χ1) is 6.77. The fourth-order valence-corrected chi connectivity index (χ4v) is 1.03. The van der Waals surface area contributed by atoms with Gasteiger partial charge in [-0.15, -0.1) is 0 Å². The van der Waals surface area contributed by atoms with Crippen molar-refractivity contribution in [1.82, 2.24) is 4.98 Å². The topological polar surface area (TPSA) is 42.4 Å². The largest absolute Gasteiger partial charge is 0.477 e. The van der Waals surface area contributed by atoms with Crippen LogP contribution in [0.2, 0.25) is 0 Å². The summed E-state index contributed by atoms with van der Waals surface area (Å²) in [4.78, 5) is 3.76. The number of aromatic nitrogens is 1. The molecule has 78 valence electrons. The van der Waals surface area contributed by atoms with E-state index in [1.165, 1.54) is 6.07 Å². The summed E-state index contributed by atoms with van der Waals surface area (Å²) in [5.41, 5.74) is 0.390. The van der Waals surface area contributed by atoms with E-state index in [9.17, 15) is 4.39 Å². The number of hydrogen-bond donors (Lipinski definition) is 1. The van der Waals surface area contributed by atoms with Gasteiger partial charge >= 0.3 is 0 Å². The molecule has 1 N–H and O–H groups in total. The second-order valence-corrected chi connectivity index (χ2v) is 2.98. The molecule has 1 rings (SSSR count). The fourth-order valence-electron chi connectivity index (χ4n) is 1.03. The van der Waals surface area contributed by atoms with Crippen molar-refractivity contribution in [3.8, 4) is 5.88 Å². The summed E-state index contributed by atoms with van der Waals surface area (Å²) < 4.78 is 18.0. The Morgan fingerprint density at radius 2 is 2.36 bits per heavy atom. The minimum Gasteiger partial charge on any atom is -0.477 e. The first-order valence-electron chi connectivity index (χ1n) is 4.66. The zero-order valence-corrected chi connectivity index (χ0v) is 8.16. The molecule has 1 aromatic heterocycles. The van der Waals surface area contributed by atoms with Crippen LogP contribution in [-0.4, -0.2) is 16.7 Å². The Labute approximate surface area is 82.5 Å². The van der Waals surface area contributed by atoms with Crippen molar-refractivity contribution in [3.63, 3.8) is 0 Å². The van der Waals surface area contributed by atoms with Gasteiger partial charge in [0.2, 0.25) is 5.88 Å². The van der Waals surface area contributed by atoms with Crippen LogP contribution in [0.3, 0.4) is 0 Å². The second kappa shape index (κ2) is 5.54. The van der Waals surface area contributed by atoms with E-state index in [0.29, 0.717) is 18.1 Å². The number of pyridine rings is 1. The molecule has 0 amide bonds. The minimum absolute atomic E-state index is 0.258. The Balaban J connectivity index is 2.65. The van der Waals surface area contributed by atoms with Crippen LogP contribution in [0.1, 0.15) is 25.3 Å². The number of aliphatic hydroxyl groups is 1. The number of halogens is 1. The predicted molar refractivity (Wildman–Crippen MR) is 50.5 cm³/mol. The van der Waals surface area contributed by atoms with E-state index in [2.05, 4.69) is 11.9 Å². The Morgan fingerprint density at radius 1 is 1.57 bits per heavy atom. The first kappa shape index (κ1) is 10.9. The lowest BCUT2D eigenvalue weighted by molar-refractivity contribution is 0.254. The molecule has 0 unspecified atom stereocenters. The molecule has 0 aliphatic rings. The highest BCUT2D eigenvalue weighted by atomic mass is 19.1. The van der Waals surface area contributed by atoms with Gasteiger partial charge in [-0.3, -0.25) is 0 Å². The van der Waals surface area contributed by atoms with Crippen molar-refractivity contribution in [1.29, 1.82) is 0 Å². The third-order valence-corrected chi connectivity index (χ3v) is 1.80. The Kier molecular flexibility index (Phi) is 4.32. The maximum absolute atomic E-state index is 12.7. The van der Waals surface area contributed by atoms with Crippen molar-refractivity contribution in [2.24, 2.45) is 0 Å². The average molecular weight is 199 g/mol. The quantitative estimate of drug-likeness (QED) is 0.736. The molecule has 3 nitrogen and oxygen atoms in total. The van der Waals surface area contributed by atoms with Crippen molar-refractivity contribution in [3.05, 3.63) is 23.6 Å². The lowest BCUT2D eigenvalue weighted by Gasteiger charge is -2.07. The molecule has 0 fully saturated rings. The highest BCUT2D eigenvalue weighted by molar-refractivity contribution is 5.25. The van der Waals surface area contributed by atoms with Crippen LogP contribution in [0.25, 0.3) is 0 Å². The van der Waals surface area contributed by atoms with Gasteiger partial charge in [0.25, 0.3) is 0 Å². The molecule has 0 saturated heterocycles. The Morgan fingerprint density at radius 3 is 3.00 bits per heavy atom. The Hall–Kier alpha value is -1.16. The van der Waals surface area contributed by atoms with Crippen LogP contribution in [-0.2, 0) is 6.61 Å². The highest BCUT2D eigenvalue weighted by Gasteiger charge is 2.05. The molecule has 0 spiro atoms. The third-order valence-electron chi connectivity index (χ3n) is 1.80. The number of hydrogen-bond acceptors (Lipinski definition) is 3. The number of unbranched alkanes of at least 4 members (excludes halogenated alkanes) is 1. The lowest BCUT2D eigenvalue weighted by atomic mass is 10.3. The summed E-state index contributed by atoms with van der Waals surface area (Å²) in [5, 5.41) is 8.91. The zero-order chi connectivity index (χ0) is 10.4. The molecule has 0 atom stereocenters. The molecule has 0 saturated carbocycles. The van der Waals surface area contributed by atoms with Gasteiger partial charge < -0.3 is 9.84 Å². The number of rotatable bonds is 5. The van der Waals surface area contributed by atoms with Gasteiger partial charge in [-0.2, -0.15) is 0 Å². The van der Waals surface area contributed by atoms with Crippen molar-refractivity contribution < 1.29 is 14.2 Å². The van der Waals surface area contributed by atoms with E-state index in [1.54, 1.807) is 0 Å². The van der Waals surface area contributed by atoms with Crippen molar-refractivity contribution in [2.45, 2.75) is 26.4 Å². The molecule has 0 aliphatic carbocycles. The van der Waals surface area contributed by atoms with Crippen LogP contribution >= 0.6 is 0 Å². The van der Waals surface area contributed by atoms with Gasteiger partial charge in [0, 0.05) is 5.56 Å². The van der Waals surface area contributed by atoms with Crippen LogP contribution in [0.4, 0.5) is 4.39 Å². The highest BCUT2D eigenvalue weighted by Crippen LogP contribution is 2.16. The van der Waals surface area contributed by atoms with Crippen molar-refractivity contribution in [2.75, 3.05) is 6.61 Å². The smallest absolute Gasteiger partial charge is 0.219 e. The third kappa shape index (κ3) is 2.96. The summed E-state index contributed by atoms with van der Waals surface area (Å²) in [6.07, 6.45) is 3.03. The molecular formula is C10H14FNO2. The summed E-state index contributed by atoms with van der Waals surface area (Å²) in [6, 6.07) is 1.23. The van der Waals surface area contributed by atoms with Crippen LogP contribution in [0.15, 0.2) is 12.3 Å². The van der Waals surface area contributed by atoms with Gasteiger partial charge in [0.05, 0.1) is 19.4 Å². The van der Waals surface area contributed by atoms with Crippen LogP contribution in [0, 0.1) is 5.82 Å². The molecule has 0 aromatic carbocycles. The van der Waals surface area contributed by atoms with Gasteiger partial charge in [-0.25, -0.2) is 9.37 Å². The fraction of sp³-hybridized carbons (Fsp3) is 0.500. The number of ether oxygens (including phenoxy) is 1. The van der Waals surface area contributed by atoms with E-state index >= 15 is 0 Å². The Bertz CT molecular complexity index is 291. The SMILES string of the molecule is CCCCOc1ncc(F)cc1CO.